The number of rotatable bonds is 1. The molecule has 1 heterocycles. The third-order valence-electron chi connectivity index (χ3n) is 3.62. The Balaban J connectivity index is 1.94. The Kier molecular flexibility index (Phi) is 2.37. The van der Waals surface area contributed by atoms with Gasteiger partial charge in [-0.15, -0.1) is 0 Å². The lowest BCUT2D eigenvalue weighted by Crippen LogP contribution is -2.27. The average Bonchev–Trinajstić information content (AvgIpc) is 2.50. The lowest BCUT2D eigenvalue weighted by molar-refractivity contribution is 0.0147. The van der Waals surface area contributed by atoms with E-state index in [-0.39, 0.29) is 0 Å². The number of ether oxygens (including phenoxy) is 1. The van der Waals surface area contributed by atoms with Crippen LogP contribution in [0.5, 0.6) is 0 Å². The van der Waals surface area contributed by atoms with Gasteiger partial charge in [0.15, 0.2) is 0 Å². The molecule has 70 valence electrons. The molecule has 1 unspecified atom stereocenters. The largest absolute Gasteiger partial charge is 0.396 e. The van der Waals surface area contributed by atoms with Crippen molar-refractivity contribution in [2.75, 3.05) is 19.8 Å². The van der Waals surface area contributed by atoms with Gasteiger partial charge < -0.3 is 9.84 Å². The van der Waals surface area contributed by atoms with Crippen LogP contribution in [0.15, 0.2) is 0 Å². The van der Waals surface area contributed by atoms with E-state index in [4.69, 9.17) is 9.84 Å². The number of hydrogen-bond acceptors (Lipinski definition) is 2. The van der Waals surface area contributed by atoms with Gasteiger partial charge in [0.25, 0.3) is 0 Å². The van der Waals surface area contributed by atoms with Crippen LogP contribution < -0.4 is 0 Å². The first-order valence-electron chi connectivity index (χ1n) is 5.03. The summed E-state index contributed by atoms with van der Waals surface area (Å²) in [6, 6.07) is 0. The molecule has 12 heavy (non-hydrogen) atoms. The molecular formula is C10H18O2. The second kappa shape index (κ2) is 3.35. The predicted octanol–water partition coefficient (Wildman–Crippen LogP) is 1.58. The summed E-state index contributed by atoms with van der Waals surface area (Å²) in [6.07, 6.45) is 6.25. The van der Waals surface area contributed by atoms with Gasteiger partial charge in [-0.1, -0.05) is 0 Å². The van der Waals surface area contributed by atoms with Crippen LogP contribution in [0.2, 0.25) is 0 Å². The molecule has 1 saturated carbocycles. The Bertz CT molecular complexity index is 150. The summed E-state index contributed by atoms with van der Waals surface area (Å²) in [7, 11) is 0. The highest BCUT2D eigenvalue weighted by atomic mass is 16.5. The van der Waals surface area contributed by atoms with Crippen LogP contribution in [0.1, 0.15) is 32.1 Å². The monoisotopic (exact) mass is 170 g/mol. The molecule has 0 aromatic rings. The van der Waals surface area contributed by atoms with Crippen LogP contribution >= 0.6 is 0 Å². The second-order valence-corrected chi connectivity index (χ2v) is 4.40. The van der Waals surface area contributed by atoms with Gasteiger partial charge in [0.1, 0.15) is 0 Å². The first kappa shape index (κ1) is 8.52. The molecule has 2 aliphatic rings. The molecule has 0 aromatic carbocycles. The lowest BCUT2D eigenvalue weighted by atomic mass is 9.78. The molecule has 0 bridgehead atoms. The molecule has 1 aliphatic carbocycles. The summed E-state index contributed by atoms with van der Waals surface area (Å²) in [5.41, 5.74) is 0.561. The number of aliphatic hydroxyl groups excluding tert-OH is 1. The van der Waals surface area contributed by atoms with Gasteiger partial charge in [-0.05, 0) is 43.4 Å². The maximum Gasteiger partial charge on any atom is 0.0471 e. The van der Waals surface area contributed by atoms with Crippen LogP contribution in [-0.4, -0.2) is 24.9 Å². The van der Waals surface area contributed by atoms with Crippen molar-refractivity contribution < 1.29 is 9.84 Å². The molecule has 0 amide bonds. The van der Waals surface area contributed by atoms with Gasteiger partial charge in [0.2, 0.25) is 0 Å². The predicted molar refractivity (Wildman–Crippen MR) is 46.9 cm³/mol. The first-order valence-corrected chi connectivity index (χ1v) is 5.03. The summed E-state index contributed by atoms with van der Waals surface area (Å²) in [5.74, 6) is 0.586. The maximum absolute atomic E-state index is 9.05. The minimum atomic E-state index is 0.391. The van der Waals surface area contributed by atoms with Gasteiger partial charge in [0, 0.05) is 19.8 Å². The summed E-state index contributed by atoms with van der Waals surface area (Å²) in [6.45, 7) is 2.28. The molecule has 2 heteroatoms. The normalized spacial score (nSPS) is 34.2. The smallest absolute Gasteiger partial charge is 0.0471 e. The van der Waals surface area contributed by atoms with Crippen molar-refractivity contribution in [1.29, 1.82) is 0 Å². The average molecular weight is 170 g/mol. The van der Waals surface area contributed by atoms with Crippen molar-refractivity contribution in [2.24, 2.45) is 11.3 Å². The first-order chi connectivity index (χ1) is 5.85. The lowest BCUT2D eigenvalue weighted by Gasteiger charge is -2.33. The molecular weight excluding hydrogens is 152 g/mol. The molecule has 1 saturated heterocycles. The Hall–Kier alpha value is -0.0800. The van der Waals surface area contributed by atoms with Gasteiger partial charge >= 0.3 is 0 Å². The van der Waals surface area contributed by atoms with Gasteiger partial charge in [-0.2, -0.15) is 0 Å². The molecule has 2 rings (SSSR count). The number of hydrogen-bond donors (Lipinski definition) is 1. The highest BCUT2D eigenvalue weighted by Crippen LogP contribution is 2.48. The molecule has 2 nitrogen and oxygen atoms in total. The zero-order chi connectivity index (χ0) is 8.44. The SMILES string of the molecule is OCC1CCC2(CCOCC2)C1. The molecule has 2 fully saturated rings. The Labute approximate surface area is 73.9 Å². The summed E-state index contributed by atoms with van der Waals surface area (Å²) in [5, 5.41) is 9.05. The van der Waals surface area contributed by atoms with Gasteiger partial charge in [-0.25, -0.2) is 0 Å². The van der Waals surface area contributed by atoms with E-state index in [1.807, 2.05) is 0 Å². The van der Waals surface area contributed by atoms with E-state index in [9.17, 15) is 0 Å². The summed E-state index contributed by atoms with van der Waals surface area (Å²) < 4.78 is 5.36. The standard InChI is InChI=1S/C10H18O2/c11-8-9-1-2-10(7-9)3-5-12-6-4-10/h9,11H,1-8H2. The van der Waals surface area contributed by atoms with Crippen molar-refractivity contribution >= 4 is 0 Å². The molecule has 1 N–H and O–H groups in total. The molecule has 0 radical (unpaired) electrons. The Morgan fingerprint density at radius 3 is 2.58 bits per heavy atom. The molecule has 1 spiro atoms. The van der Waals surface area contributed by atoms with E-state index < -0.39 is 0 Å². The van der Waals surface area contributed by atoms with Crippen molar-refractivity contribution in [1.82, 2.24) is 0 Å². The minimum Gasteiger partial charge on any atom is -0.396 e. The Morgan fingerprint density at radius 1 is 1.25 bits per heavy atom. The van der Waals surface area contributed by atoms with Crippen LogP contribution in [0.3, 0.4) is 0 Å². The zero-order valence-electron chi connectivity index (χ0n) is 7.59. The van der Waals surface area contributed by atoms with E-state index in [1.165, 1.54) is 32.1 Å². The van der Waals surface area contributed by atoms with Crippen LogP contribution in [0.4, 0.5) is 0 Å². The highest BCUT2D eigenvalue weighted by molar-refractivity contribution is 4.90. The van der Waals surface area contributed by atoms with Crippen molar-refractivity contribution in [3.05, 3.63) is 0 Å². The van der Waals surface area contributed by atoms with E-state index in [0.29, 0.717) is 17.9 Å². The van der Waals surface area contributed by atoms with Gasteiger partial charge in [-0.3, -0.25) is 0 Å². The molecule has 0 aromatic heterocycles. The van der Waals surface area contributed by atoms with Crippen molar-refractivity contribution in [3.63, 3.8) is 0 Å². The topological polar surface area (TPSA) is 29.5 Å². The van der Waals surface area contributed by atoms with E-state index in [2.05, 4.69) is 0 Å². The van der Waals surface area contributed by atoms with Crippen molar-refractivity contribution in [3.8, 4) is 0 Å². The maximum atomic E-state index is 9.05. The van der Waals surface area contributed by atoms with Gasteiger partial charge in [0.05, 0.1) is 0 Å². The number of aliphatic hydroxyl groups is 1. The zero-order valence-corrected chi connectivity index (χ0v) is 7.59. The summed E-state index contributed by atoms with van der Waals surface area (Å²) >= 11 is 0. The minimum absolute atomic E-state index is 0.391. The molecule has 1 aliphatic heterocycles. The third-order valence-corrected chi connectivity index (χ3v) is 3.62. The quantitative estimate of drug-likeness (QED) is 0.647. The fraction of sp³-hybridized carbons (Fsp3) is 1.00. The van der Waals surface area contributed by atoms with Crippen LogP contribution in [-0.2, 0) is 4.74 Å². The van der Waals surface area contributed by atoms with E-state index in [1.54, 1.807) is 0 Å². The van der Waals surface area contributed by atoms with Crippen LogP contribution in [0, 0.1) is 11.3 Å². The Morgan fingerprint density at radius 2 is 2.00 bits per heavy atom. The van der Waals surface area contributed by atoms with E-state index in [0.717, 1.165) is 13.2 Å². The van der Waals surface area contributed by atoms with Crippen molar-refractivity contribution in [2.45, 2.75) is 32.1 Å². The fourth-order valence-corrected chi connectivity index (χ4v) is 2.74. The van der Waals surface area contributed by atoms with Crippen LogP contribution in [0.25, 0.3) is 0 Å². The van der Waals surface area contributed by atoms with E-state index >= 15 is 0 Å². The summed E-state index contributed by atoms with van der Waals surface area (Å²) in [4.78, 5) is 0. The highest BCUT2D eigenvalue weighted by Gasteiger charge is 2.39. The second-order valence-electron chi connectivity index (χ2n) is 4.40. The molecule has 1 atom stereocenters. The fourth-order valence-electron chi connectivity index (χ4n) is 2.74. The third kappa shape index (κ3) is 1.50.